The number of phenols is 1. The molecule has 4 rings (SSSR count). The van der Waals surface area contributed by atoms with E-state index < -0.39 is 4.92 Å². The molecule has 0 atom stereocenters. The van der Waals surface area contributed by atoms with Crippen LogP contribution in [0.5, 0.6) is 28.7 Å². The van der Waals surface area contributed by atoms with E-state index in [-0.39, 0.29) is 18.0 Å². The third-order valence-corrected chi connectivity index (χ3v) is 4.95. The molecule has 0 aliphatic heterocycles. The van der Waals surface area contributed by atoms with Gasteiger partial charge in [0, 0.05) is 23.8 Å². The highest BCUT2D eigenvalue weighted by Crippen LogP contribution is 2.40. The van der Waals surface area contributed by atoms with Crippen molar-refractivity contribution in [2.75, 3.05) is 7.11 Å². The molecule has 0 aliphatic carbocycles. The first-order valence-corrected chi connectivity index (χ1v) is 10.0. The van der Waals surface area contributed by atoms with Gasteiger partial charge in [0.25, 0.3) is 5.69 Å². The van der Waals surface area contributed by atoms with Gasteiger partial charge >= 0.3 is 0 Å². The van der Waals surface area contributed by atoms with Crippen LogP contribution >= 0.6 is 0 Å². The summed E-state index contributed by atoms with van der Waals surface area (Å²) in [7, 11) is 1.59. The van der Waals surface area contributed by atoms with Gasteiger partial charge in [0.05, 0.1) is 17.7 Å². The van der Waals surface area contributed by atoms with Crippen molar-refractivity contribution < 1.29 is 24.2 Å². The van der Waals surface area contributed by atoms with Gasteiger partial charge in [-0.25, -0.2) is 0 Å². The van der Waals surface area contributed by atoms with Gasteiger partial charge in [-0.1, -0.05) is 0 Å². The maximum Gasteiger partial charge on any atom is 0.269 e. The molecule has 3 aromatic carbocycles. The van der Waals surface area contributed by atoms with Gasteiger partial charge in [0.2, 0.25) is 0 Å². The van der Waals surface area contributed by atoms with Gasteiger partial charge in [-0.2, -0.15) is 5.10 Å². The van der Waals surface area contributed by atoms with Crippen molar-refractivity contribution >= 4 is 5.69 Å². The monoisotopic (exact) mass is 447 g/mol. The van der Waals surface area contributed by atoms with E-state index in [1.165, 1.54) is 18.2 Å². The normalized spacial score (nSPS) is 10.6. The SMILES string of the molecule is COc1ccc(Oc2c(-c3ccc(OCc4ccc([N+](=O)[O-])cc4)cc3O)n[nH]c2C)cc1. The number of H-pyrrole nitrogens is 1. The van der Waals surface area contributed by atoms with Crippen LogP contribution < -0.4 is 14.2 Å². The molecule has 1 aromatic heterocycles. The average Bonchev–Trinajstić information content (AvgIpc) is 3.18. The van der Waals surface area contributed by atoms with E-state index >= 15 is 0 Å². The second kappa shape index (κ2) is 9.31. The average molecular weight is 447 g/mol. The molecule has 0 saturated carbocycles. The molecule has 4 aromatic rings. The summed E-state index contributed by atoms with van der Waals surface area (Å²) in [5, 5.41) is 28.6. The van der Waals surface area contributed by atoms with Crippen molar-refractivity contribution in [2.24, 2.45) is 0 Å². The number of aryl methyl sites for hydroxylation is 1. The summed E-state index contributed by atoms with van der Waals surface area (Å²) in [6, 6.07) is 18.1. The number of nitrogens with zero attached hydrogens (tertiary/aromatic N) is 2. The maximum absolute atomic E-state index is 10.8. The van der Waals surface area contributed by atoms with E-state index in [2.05, 4.69) is 10.2 Å². The third-order valence-electron chi connectivity index (χ3n) is 4.95. The Morgan fingerprint density at radius 3 is 2.30 bits per heavy atom. The zero-order valence-electron chi connectivity index (χ0n) is 17.9. The van der Waals surface area contributed by atoms with Crippen LogP contribution in [-0.4, -0.2) is 27.3 Å². The van der Waals surface area contributed by atoms with E-state index in [9.17, 15) is 15.2 Å². The van der Waals surface area contributed by atoms with Crippen molar-refractivity contribution in [3.63, 3.8) is 0 Å². The molecule has 0 amide bonds. The lowest BCUT2D eigenvalue weighted by molar-refractivity contribution is -0.384. The summed E-state index contributed by atoms with van der Waals surface area (Å²) >= 11 is 0. The zero-order chi connectivity index (χ0) is 23.4. The first-order chi connectivity index (χ1) is 15.9. The third kappa shape index (κ3) is 4.87. The second-order valence-electron chi connectivity index (χ2n) is 7.20. The van der Waals surface area contributed by atoms with Crippen LogP contribution in [0.25, 0.3) is 11.3 Å². The quantitative estimate of drug-likeness (QED) is 0.275. The Kier molecular flexibility index (Phi) is 6.12. The van der Waals surface area contributed by atoms with Crippen LogP contribution in [0, 0.1) is 17.0 Å². The molecule has 9 nitrogen and oxygen atoms in total. The molecule has 0 fully saturated rings. The molecule has 9 heteroatoms. The number of nitro benzene ring substituents is 1. The lowest BCUT2D eigenvalue weighted by Crippen LogP contribution is -1.96. The van der Waals surface area contributed by atoms with Crippen molar-refractivity contribution in [3.8, 4) is 40.0 Å². The van der Waals surface area contributed by atoms with Crippen molar-refractivity contribution in [1.82, 2.24) is 10.2 Å². The van der Waals surface area contributed by atoms with E-state index in [1.807, 2.05) is 6.92 Å². The van der Waals surface area contributed by atoms with Crippen molar-refractivity contribution in [2.45, 2.75) is 13.5 Å². The summed E-state index contributed by atoms with van der Waals surface area (Å²) < 4.78 is 16.9. The number of ether oxygens (including phenoxy) is 3. The van der Waals surface area contributed by atoms with Crippen molar-refractivity contribution in [1.29, 1.82) is 0 Å². The fourth-order valence-corrected chi connectivity index (χ4v) is 3.17. The predicted molar refractivity (Wildman–Crippen MR) is 121 cm³/mol. The number of nitrogens with one attached hydrogen (secondary N) is 1. The van der Waals surface area contributed by atoms with Gasteiger partial charge in [0.1, 0.15) is 35.3 Å². The molecule has 0 radical (unpaired) electrons. The van der Waals surface area contributed by atoms with Gasteiger partial charge in [-0.05, 0) is 61.0 Å². The highest BCUT2D eigenvalue weighted by atomic mass is 16.6. The summed E-state index contributed by atoms with van der Waals surface area (Å²) in [5.41, 5.74) is 2.43. The topological polar surface area (TPSA) is 120 Å². The number of hydrogen-bond acceptors (Lipinski definition) is 7. The number of non-ortho nitro benzene ring substituents is 1. The smallest absolute Gasteiger partial charge is 0.269 e. The summed E-state index contributed by atoms with van der Waals surface area (Å²) in [5.74, 6) is 2.23. The Morgan fingerprint density at radius 1 is 1.00 bits per heavy atom. The van der Waals surface area contributed by atoms with Crippen molar-refractivity contribution in [3.05, 3.63) is 88.1 Å². The molecule has 1 heterocycles. The minimum Gasteiger partial charge on any atom is -0.507 e. The fraction of sp³-hybridized carbons (Fsp3) is 0.125. The summed E-state index contributed by atoms with van der Waals surface area (Å²) in [4.78, 5) is 10.3. The van der Waals surface area contributed by atoms with E-state index in [0.717, 1.165) is 5.56 Å². The lowest BCUT2D eigenvalue weighted by atomic mass is 10.1. The van der Waals surface area contributed by atoms with Crippen LogP contribution in [0.4, 0.5) is 5.69 Å². The Bertz CT molecular complexity index is 1270. The molecular weight excluding hydrogens is 426 g/mol. The van der Waals surface area contributed by atoms with Gasteiger partial charge in [0.15, 0.2) is 5.75 Å². The van der Waals surface area contributed by atoms with E-state index in [1.54, 1.807) is 55.6 Å². The fourth-order valence-electron chi connectivity index (χ4n) is 3.17. The number of aromatic hydroxyl groups is 1. The Hall–Kier alpha value is -4.53. The molecule has 168 valence electrons. The van der Waals surface area contributed by atoms with Crippen LogP contribution in [0.15, 0.2) is 66.7 Å². The molecule has 2 N–H and O–H groups in total. The largest absolute Gasteiger partial charge is 0.507 e. The molecule has 0 spiro atoms. The first-order valence-electron chi connectivity index (χ1n) is 10.0. The summed E-state index contributed by atoms with van der Waals surface area (Å²) in [6.07, 6.45) is 0. The Balaban J connectivity index is 1.50. The molecule has 0 saturated heterocycles. The number of aromatic amines is 1. The van der Waals surface area contributed by atoms with Crippen LogP contribution in [0.1, 0.15) is 11.3 Å². The first kappa shape index (κ1) is 21.7. The molecule has 0 unspecified atom stereocenters. The number of methoxy groups -OCH3 is 1. The van der Waals surface area contributed by atoms with Crippen LogP contribution in [-0.2, 0) is 6.61 Å². The Morgan fingerprint density at radius 2 is 1.67 bits per heavy atom. The van der Waals surface area contributed by atoms with Gasteiger partial charge in [-0.15, -0.1) is 0 Å². The number of aromatic nitrogens is 2. The lowest BCUT2D eigenvalue weighted by Gasteiger charge is -2.11. The maximum atomic E-state index is 10.8. The van der Waals surface area contributed by atoms with Crippen LogP contribution in [0.3, 0.4) is 0 Å². The number of benzene rings is 3. The predicted octanol–water partition coefficient (Wildman–Crippen LogP) is 5.38. The zero-order valence-corrected chi connectivity index (χ0v) is 17.9. The Labute approximate surface area is 189 Å². The number of rotatable bonds is 8. The summed E-state index contributed by atoms with van der Waals surface area (Å²) in [6.45, 7) is 2.03. The van der Waals surface area contributed by atoms with Crippen LogP contribution in [0.2, 0.25) is 0 Å². The minimum absolute atomic E-state index is 0.0164. The highest BCUT2D eigenvalue weighted by Gasteiger charge is 2.18. The molecule has 0 bridgehead atoms. The van der Waals surface area contributed by atoms with Gasteiger partial charge < -0.3 is 19.3 Å². The molecule has 0 aliphatic rings. The van der Waals surface area contributed by atoms with E-state index in [0.29, 0.717) is 39.9 Å². The van der Waals surface area contributed by atoms with E-state index in [4.69, 9.17) is 14.2 Å². The second-order valence-corrected chi connectivity index (χ2v) is 7.20. The minimum atomic E-state index is -0.454. The number of hydrogen-bond donors (Lipinski definition) is 2. The molecule has 33 heavy (non-hydrogen) atoms. The number of nitro groups is 1. The van der Waals surface area contributed by atoms with Gasteiger partial charge in [-0.3, -0.25) is 15.2 Å². The molecular formula is C24H21N3O6. The highest BCUT2D eigenvalue weighted by molar-refractivity contribution is 5.74. The standard InChI is InChI=1S/C24H21N3O6/c1-15-24(33-19-9-7-18(31-2)8-10-19)23(26-25-15)21-12-11-20(13-22(21)28)32-14-16-3-5-17(6-4-16)27(29)30/h3-13,28H,14H2,1-2H3,(H,25,26). The number of phenolic OH excluding ortho intramolecular Hbond substituents is 1.